The second-order valence-corrected chi connectivity index (χ2v) is 5.63. The Kier molecular flexibility index (Phi) is 3.47. The van der Waals surface area contributed by atoms with E-state index in [2.05, 4.69) is 28.6 Å². The minimum Gasteiger partial charge on any atom is -0.307 e. The average Bonchev–Trinajstić information content (AvgIpc) is 2.43. The first-order valence-corrected chi connectivity index (χ1v) is 6.30. The molecule has 86 valence electrons. The minimum absolute atomic E-state index is 0.0633. The number of amides is 1. The SMILES string of the molecule is O=C1CC(S)CN1c1c(F)cc(Br)cc1Cl. The second kappa shape index (κ2) is 4.55. The van der Waals surface area contributed by atoms with Crippen LogP contribution in [0.4, 0.5) is 10.1 Å². The van der Waals surface area contributed by atoms with Crippen LogP contribution in [0.15, 0.2) is 16.6 Å². The zero-order valence-electron chi connectivity index (χ0n) is 8.08. The van der Waals surface area contributed by atoms with Crippen LogP contribution in [0.25, 0.3) is 0 Å². The maximum absolute atomic E-state index is 13.7. The van der Waals surface area contributed by atoms with Crippen LogP contribution in [0, 0.1) is 5.82 Å². The van der Waals surface area contributed by atoms with Gasteiger partial charge in [0.2, 0.25) is 5.91 Å². The summed E-state index contributed by atoms with van der Waals surface area (Å²) in [4.78, 5) is 13.0. The molecule has 0 radical (unpaired) electrons. The number of hydrogen-bond donors (Lipinski definition) is 1. The Morgan fingerprint density at radius 3 is 2.75 bits per heavy atom. The van der Waals surface area contributed by atoms with E-state index in [0.717, 1.165) is 0 Å². The molecule has 1 fully saturated rings. The third-order valence-corrected chi connectivity index (χ3v) is 3.45. The zero-order valence-corrected chi connectivity index (χ0v) is 11.3. The highest BCUT2D eigenvalue weighted by molar-refractivity contribution is 9.10. The molecule has 1 atom stereocenters. The fraction of sp³-hybridized carbons (Fsp3) is 0.300. The van der Waals surface area contributed by atoms with Crippen LogP contribution in [0.1, 0.15) is 6.42 Å². The molecular formula is C10H8BrClFNOS. The van der Waals surface area contributed by atoms with Gasteiger partial charge in [0.1, 0.15) is 5.82 Å². The quantitative estimate of drug-likeness (QED) is 0.786. The van der Waals surface area contributed by atoms with Gasteiger partial charge in [-0.15, -0.1) is 0 Å². The van der Waals surface area contributed by atoms with Crippen LogP contribution in [0.5, 0.6) is 0 Å². The van der Waals surface area contributed by atoms with E-state index in [4.69, 9.17) is 11.6 Å². The van der Waals surface area contributed by atoms with Crippen LogP contribution in [0.3, 0.4) is 0 Å². The van der Waals surface area contributed by atoms with Gasteiger partial charge in [0.05, 0.1) is 10.7 Å². The summed E-state index contributed by atoms with van der Waals surface area (Å²) < 4.78 is 14.3. The Bertz CT molecular complexity index is 433. The molecule has 6 heteroatoms. The van der Waals surface area contributed by atoms with Crippen molar-refractivity contribution in [2.45, 2.75) is 11.7 Å². The lowest BCUT2D eigenvalue weighted by Gasteiger charge is -2.18. The van der Waals surface area contributed by atoms with Crippen molar-refractivity contribution in [2.24, 2.45) is 0 Å². The van der Waals surface area contributed by atoms with E-state index >= 15 is 0 Å². The van der Waals surface area contributed by atoms with Crippen molar-refractivity contribution in [1.82, 2.24) is 0 Å². The summed E-state index contributed by atoms with van der Waals surface area (Å²) in [6.07, 6.45) is 0.314. The Hall–Kier alpha value is -0.260. The van der Waals surface area contributed by atoms with Crippen molar-refractivity contribution < 1.29 is 9.18 Å². The summed E-state index contributed by atoms with van der Waals surface area (Å²) in [6.45, 7) is 0.389. The first-order chi connectivity index (χ1) is 7.49. The topological polar surface area (TPSA) is 20.3 Å². The summed E-state index contributed by atoms with van der Waals surface area (Å²) >= 11 is 13.3. The predicted octanol–water partition coefficient (Wildman–Crippen LogP) is 3.28. The van der Waals surface area contributed by atoms with Crippen molar-refractivity contribution in [3.05, 3.63) is 27.4 Å². The largest absolute Gasteiger partial charge is 0.307 e. The maximum Gasteiger partial charge on any atom is 0.228 e. The normalized spacial score (nSPS) is 20.6. The number of halogens is 3. The van der Waals surface area contributed by atoms with Crippen molar-refractivity contribution in [3.8, 4) is 0 Å². The third-order valence-electron chi connectivity index (χ3n) is 2.36. The van der Waals surface area contributed by atoms with Gasteiger partial charge >= 0.3 is 0 Å². The average molecular weight is 325 g/mol. The second-order valence-electron chi connectivity index (χ2n) is 3.58. The molecule has 0 saturated carbocycles. The van der Waals surface area contributed by atoms with Crippen molar-refractivity contribution in [2.75, 3.05) is 11.4 Å². The molecule has 1 saturated heterocycles. The molecule has 1 aromatic rings. The molecule has 1 aliphatic heterocycles. The van der Waals surface area contributed by atoms with Crippen LogP contribution in [-0.4, -0.2) is 17.7 Å². The van der Waals surface area contributed by atoms with Gasteiger partial charge in [0.25, 0.3) is 0 Å². The van der Waals surface area contributed by atoms with Crippen LogP contribution in [0.2, 0.25) is 5.02 Å². The highest BCUT2D eigenvalue weighted by Gasteiger charge is 2.31. The van der Waals surface area contributed by atoms with Gasteiger partial charge in [-0.1, -0.05) is 27.5 Å². The summed E-state index contributed by atoms with van der Waals surface area (Å²) in [5, 5.41) is 0.161. The standard InChI is InChI=1S/C10H8BrClFNOS/c11-5-1-7(12)10(8(13)2-5)14-4-6(16)3-9(14)15/h1-2,6,16H,3-4H2. The molecular weight excluding hydrogens is 317 g/mol. The van der Waals surface area contributed by atoms with E-state index in [1.54, 1.807) is 6.07 Å². The monoisotopic (exact) mass is 323 g/mol. The van der Waals surface area contributed by atoms with E-state index in [9.17, 15) is 9.18 Å². The molecule has 1 aromatic carbocycles. The first kappa shape index (κ1) is 12.2. The number of carbonyl (C=O) groups excluding carboxylic acids is 1. The van der Waals surface area contributed by atoms with E-state index in [1.165, 1.54) is 11.0 Å². The fourth-order valence-corrected chi connectivity index (χ4v) is 2.89. The number of benzene rings is 1. The number of nitrogens with zero attached hydrogens (tertiary/aromatic N) is 1. The summed E-state index contributed by atoms with van der Waals surface area (Å²) in [5.41, 5.74) is 0.145. The Labute approximate surface area is 111 Å². The lowest BCUT2D eigenvalue weighted by Crippen LogP contribution is -2.26. The summed E-state index contributed by atoms with van der Waals surface area (Å²) in [7, 11) is 0. The number of carbonyl (C=O) groups is 1. The van der Waals surface area contributed by atoms with Gasteiger partial charge in [-0.05, 0) is 12.1 Å². The van der Waals surface area contributed by atoms with Gasteiger partial charge < -0.3 is 4.90 Å². The summed E-state index contributed by atoms with van der Waals surface area (Å²) in [6, 6.07) is 2.86. The van der Waals surface area contributed by atoms with Crippen molar-refractivity contribution in [1.29, 1.82) is 0 Å². The molecule has 1 aliphatic rings. The molecule has 1 heterocycles. The molecule has 2 nitrogen and oxygen atoms in total. The number of thiol groups is 1. The van der Waals surface area contributed by atoms with E-state index in [1.807, 2.05) is 0 Å². The van der Waals surface area contributed by atoms with E-state index in [-0.39, 0.29) is 21.9 Å². The molecule has 1 amide bonds. The maximum atomic E-state index is 13.7. The Morgan fingerprint density at radius 1 is 1.56 bits per heavy atom. The highest BCUT2D eigenvalue weighted by Crippen LogP contribution is 2.35. The lowest BCUT2D eigenvalue weighted by molar-refractivity contribution is -0.117. The van der Waals surface area contributed by atoms with Gasteiger partial charge in [-0.25, -0.2) is 4.39 Å². The number of anilines is 1. The van der Waals surface area contributed by atoms with Gasteiger partial charge in [-0.2, -0.15) is 12.6 Å². The van der Waals surface area contributed by atoms with Gasteiger partial charge in [0, 0.05) is 22.7 Å². The predicted molar refractivity (Wildman–Crippen MR) is 68.9 cm³/mol. The molecule has 1 unspecified atom stereocenters. The number of rotatable bonds is 1. The molecule has 2 rings (SSSR count). The highest BCUT2D eigenvalue weighted by atomic mass is 79.9. The number of hydrogen-bond acceptors (Lipinski definition) is 2. The minimum atomic E-state index is -0.504. The zero-order chi connectivity index (χ0) is 11.9. The summed E-state index contributed by atoms with van der Waals surface area (Å²) in [5.74, 6) is -0.654. The molecule has 0 bridgehead atoms. The molecule has 0 aliphatic carbocycles. The van der Waals surface area contributed by atoms with E-state index < -0.39 is 5.82 Å². The fourth-order valence-electron chi connectivity index (χ4n) is 1.70. The first-order valence-electron chi connectivity index (χ1n) is 4.62. The van der Waals surface area contributed by atoms with Crippen molar-refractivity contribution in [3.63, 3.8) is 0 Å². The molecule has 16 heavy (non-hydrogen) atoms. The Balaban J connectivity index is 2.44. The smallest absolute Gasteiger partial charge is 0.228 e. The molecule has 0 aromatic heterocycles. The lowest BCUT2D eigenvalue weighted by atomic mass is 10.3. The molecule has 0 spiro atoms. The third kappa shape index (κ3) is 2.21. The van der Waals surface area contributed by atoms with Crippen LogP contribution in [-0.2, 0) is 4.79 Å². The Morgan fingerprint density at radius 2 is 2.25 bits per heavy atom. The van der Waals surface area contributed by atoms with Gasteiger partial charge in [0.15, 0.2) is 0 Å². The van der Waals surface area contributed by atoms with Crippen LogP contribution < -0.4 is 4.90 Å². The van der Waals surface area contributed by atoms with E-state index in [0.29, 0.717) is 17.4 Å². The van der Waals surface area contributed by atoms with Crippen molar-refractivity contribution >= 4 is 51.8 Å². The van der Waals surface area contributed by atoms with Gasteiger partial charge in [-0.3, -0.25) is 4.79 Å². The van der Waals surface area contributed by atoms with Crippen LogP contribution >= 0.6 is 40.2 Å². The molecule has 0 N–H and O–H groups in total.